The molecule has 1 aromatic rings. The van der Waals surface area contributed by atoms with E-state index in [0.717, 1.165) is 32.1 Å². The molecule has 0 aliphatic heterocycles. The van der Waals surface area contributed by atoms with Gasteiger partial charge >= 0.3 is 5.97 Å². The molecule has 0 unspecified atom stereocenters. The number of allylic oxidation sites excluding steroid dienone is 2. The SMILES string of the molecule is CCCOC(=O)CCC/C=C\C[C@@H]1[C@@H](CC[C@H](O)CCc2ccccc2)[C@H](O)C[C@@H]1O. The normalized spacial score (nSPS) is 24.5. The van der Waals surface area contributed by atoms with Crippen molar-refractivity contribution in [2.75, 3.05) is 6.61 Å². The van der Waals surface area contributed by atoms with E-state index < -0.39 is 18.3 Å². The molecule has 174 valence electrons. The van der Waals surface area contributed by atoms with E-state index in [1.807, 2.05) is 25.1 Å². The molecule has 1 fully saturated rings. The van der Waals surface area contributed by atoms with E-state index >= 15 is 0 Å². The van der Waals surface area contributed by atoms with Crippen LogP contribution in [0.25, 0.3) is 0 Å². The zero-order valence-corrected chi connectivity index (χ0v) is 18.9. The van der Waals surface area contributed by atoms with Gasteiger partial charge in [0.25, 0.3) is 0 Å². The average Bonchev–Trinajstić information content (AvgIpc) is 3.04. The Morgan fingerprint density at radius 1 is 1.13 bits per heavy atom. The molecular weight excluding hydrogens is 392 g/mol. The predicted octanol–water partition coefficient (Wildman–Crippen LogP) is 4.19. The Bertz CT molecular complexity index is 644. The number of esters is 1. The van der Waals surface area contributed by atoms with Gasteiger partial charge in [0.2, 0.25) is 0 Å². The molecule has 5 heteroatoms. The number of unbranched alkanes of at least 4 members (excludes halogenated alkanes) is 1. The number of rotatable bonds is 14. The number of hydrogen-bond donors (Lipinski definition) is 3. The van der Waals surface area contributed by atoms with Gasteiger partial charge in [-0.05, 0) is 75.2 Å². The second kappa shape index (κ2) is 14.4. The van der Waals surface area contributed by atoms with E-state index in [4.69, 9.17) is 4.74 Å². The van der Waals surface area contributed by atoms with Gasteiger partial charge in [0, 0.05) is 6.42 Å². The van der Waals surface area contributed by atoms with Crippen LogP contribution < -0.4 is 0 Å². The molecule has 5 atom stereocenters. The van der Waals surface area contributed by atoms with Gasteiger partial charge in [-0.1, -0.05) is 49.4 Å². The largest absolute Gasteiger partial charge is 0.466 e. The fourth-order valence-corrected chi connectivity index (χ4v) is 4.44. The van der Waals surface area contributed by atoms with Crippen molar-refractivity contribution < 1.29 is 24.9 Å². The molecule has 0 saturated heterocycles. The van der Waals surface area contributed by atoms with Crippen LogP contribution in [-0.4, -0.2) is 46.2 Å². The molecule has 3 N–H and O–H groups in total. The molecule has 1 saturated carbocycles. The quantitative estimate of drug-likeness (QED) is 0.233. The van der Waals surface area contributed by atoms with Crippen LogP contribution in [0.15, 0.2) is 42.5 Å². The number of aliphatic hydroxyl groups is 3. The lowest BCUT2D eigenvalue weighted by Gasteiger charge is -2.23. The third-order valence-electron chi connectivity index (χ3n) is 6.26. The smallest absolute Gasteiger partial charge is 0.305 e. The minimum atomic E-state index is -0.511. The molecular formula is C26H40O5. The maximum atomic E-state index is 11.5. The molecule has 0 amide bonds. The molecule has 0 aromatic heterocycles. The first-order valence-electron chi connectivity index (χ1n) is 11.9. The lowest BCUT2D eigenvalue weighted by Crippen LogP contribution is -2.23. The summed E-state index contributed by atoms with van der Waals surface area (Å²) in [4.78, 5) is 11.5. The van der Waals surface area contributed by atoms with Crippen LogP contribution in [0.2, 0.25) is 0 Å². The van der Waals surface area contributed by atoms with Crippen LogP contribution in [-0.2, 0) is 16.0 Å². The molecule has 31 heavy (non-hydrogen) atoms. The molecule has 1 aromatic carbocycles. The maximum Gasteiger partial charge on any atom is 0.305 e. The summed E-state index contributed by atoms with van der Waals surface area (Å²) in [6, 6.07) is 10.1. The van der Waals surface area contributed by atoms with E-state index in [0.29, 0.717) is 38.7 Å². The molecule has 1 aliphatic rings. The average molecular weight is 433 g/mol. The lowest BCUT2D eigenvalue weighted by molar-refractivity contribution is -0.143. The molecule has 0 radical (unpaired) electrons. The summed E-state index contributed by atoms with van der Waals surface area (Å²) in [5.74, 6) is -0.118. The highest BCUT2D eigenvalue weighted by molar-refractivity contribution is 5.69. The van der Waals surface area contributed by atoms with Gasteiger partial charge in [-0.15, -0.1) is 0 Å². The van der Waals surface area contributed by atoms with Gasteiger partial charge in [-0.3, -0.25) is 4.79 Å². The first kappa shape index (κ1) is 25.6. The van der Waals surface area contributed by atoms with E-state index in [-0.39, 0.29) is 17.8 Å². The highest BCUT2D eigenvalue weighted by Crippen LogP contribution is 2.38. The summed E-state index contributed by atoms with van der Waals surface area (Å²) in [7, 11) is 0. The Morgan fingerprint density at radius 3 is 2.61 bits per heavy atom. The first-order chi connectivity index (χ1) is 15.0. The molecule has 1 aliphatic carbocycles. The molecule has 2 rings (SSSR count). The van der Waals surface area contributed by atoms with Crippen LogP contribution >= 0.6 is 0 Å². The van der Waals surface area contributed by atoms with E-state index in [2.05, 4.69) is 24.3 Å². The molecule has 0 heterocycles. The Balaban J connectivity index is 1.69. The Kier molecular flexibility index (Phi) is 11.9. The Morgan fingerprint density at radius 2 is 1.87 bits per heavy atom. The van der Waals surface area contributed by atoms with Gasteiger partial charge < -0.3 is 20.1 Å². The van der Waals surface area contributed by atoms with Crippen molar-refractivity contribution in [2.24, 2.45) is 11.8 Å². The third-order valence-corrected chi connectivity index (χ3v) is 6.26. The van der Waals surface area contributed by atoms with Gasteiger partial charge in [0.1, 0.15) is 0 Å². The van der Waals surface area contributed by atoms with Crippen molar-refractivity contribution in [3.8, 4) is 0 Å². The van der Waals surface area contributed by atoms with Crippen LogP contribution in [0.3, 0.4) is 0 Å². The summed E-state index contributed by atoms with van der Waals surface area (Å²) in [5, 5.41) is 31.2. The summed E-state index contributed by atoms with van der Waals surface area (Å²) < 4.78 is 5.06. The van der Waals surface area contributed by atoms with Crippen molar-refractivity contribution in [3.05, 3.63) is 48.0 Å². The highest BCUT2D eigenvalue weighted by Gasteiger charge is 2.40. The van der Waals surface area contributed by atoms with Crippen LogP contribution in [0.1, 0.15) is 70.3 Å². The monoisotopic (exact) mass is 432 g/mol. The fraction of sp³-hybridized carbons (Fsp3) is 0.654. The van der Waals surface area contributed by atoms with Crippen molar-refractivity contribution in [3.63, 3.8) is 0 Å². The minimum absolute atomic E-state index is 0.00930. The highest BCUT2D eigenvalue weighted by atomic mass is 16.5. The van der Waals surface area contributed by atoms with Gasteiger partial charge in [0.15, 0.2) is 0 Å². The second-order valence-electron chi connectivity index (χ2n) is 8.77. The number of carbonyl (C=O) groups is 1. The molecule has 0 bridgehead atoms. The summed E-state index contributed by atoms with van der Waals surface area (Å²) in [5.41, 5.74) is 1.22. The number of ether oxygens (including phenoxy) is 1. The maximum absolute atomic E-state index is 11.5. The van der Waals surface area contributed by atoms with Crippen LogP contribution in [0, 0.1) is 11.8 Å². The van der Waals surface area contributed by atoms with Gasteiger partial charge in [-0.2, -0.15) is 0 Å². The zero-order chi connectivity index (χ0) is 22.5. The predicted molar refractivity (Wildman–Crippen MR) is 122 cm³/mol. The van der Waals surface area contributed by atoms with Crippen LogP contribution in [0.5, 0.6) is 0 Å². The van der Waals surface area contributed by atoms with Crippen molar-refractivity contribution in [1.82, 2.24) is 0 Å². The summed E-state index contributed by atoms with van der Waals surface area (Å²) in [6.45, 7) is 2.46. The number of aliphatic hydroxyl groups excluding tert-OH is 3. The van der Waals surface area contributed by atoms with Crippen LogP contribution in [0.4, 0.5) is 0 Å². The van der Waals surface area contributed by atoms with Crippen molar-refractivity contribution in [1.29, 1.82) is 0 Å². The van der Waals surface area contributed by atoms with E-state index in [1.165, 1.54) is 5.56 Å². The Labute approximate surface area is 187 Å². The lowest BCUT2D eigenvalue weighted by atomic mass is 9.85. The number of aryl methyl sites for hydroxylation is 1. The molecule has 0 spiro atoms. The second-order valence-corrected chi connectivity index (χ2v) is 8.77. The van der Waals surface area contributed by atoms with Gasteiger partial charge in [-0.25, -0.2) is 0 Å². The van der Waals surface area contributed by atoms with Crippen molar-refractivity contribution in [2.45, 2.75) is 89.4 Å². The Hall–Kier alpha value is -1.69. The number of hydrogen-bond acceptors (Lipinski definition) is 5. The van der Waals surface area contributed by atoms with E-state index in [9.17, 15) is 20.1 Å². The minimum Gasteiger partial charge on any atom is -0.466 e. The first-order valence-corrected chi connectivity index (χ1v) is 11.9. The zero-order valence-electron chi connectivity index (χ0n) is 18.9. The fourth-order valence-electron chi connectivity index (χ4n) is 4.44. The number of benzene rings is 1. The summed E-state index contributed by atoms with van der Waals surface area (Å²) in [6.07, 6.45) is 9.56. The standard InChI is InChI=1S/C26H40O5/c1-2-18-31-26(30)13-9-4-3-8-12-22-23(25(29)19-24(22)28)17-16-21(27)15-14-20-10-6-5-7-11-20/h3,5-8,10-11,21-25,27-29H,2,4,9,12-19H2,1H3/b8-3-/t21-,22-,23-,24+,25-/m1/s1. The van der Waals surface area contributed by atoms with Gasteiger partial charge in [0.05, 0.1) is 24.9 Å². The molecule has 5 nitrogen and oxygen atoms in total. The number of carbonyl (C=O) groups excluding carboxylic acids is 1. The van der Waals surface area contributed by atoms with E-state index in [1.54, 1.807) is 0 Å². The van der Waals surface area contributed by atoms with Crippen molar-refractivity contribution >= 4 is 5.97 Å². The third kappa shape index (κ3) is 9.55. The topological polar surface area (TPSA) is 87.0 Å². The summed E-state index contributed by atoms with van der Waals surface area (Å²) >= 11 is 0.